The van der Waals surface area contributed by atoms with Crippen molar-refractivity contribution in [3.8, 4) is 5.75 Å². The van der Waals surface area contributed by atoms with E-state index < -0.39 is 0 Å². The summed E-state index contributed by atoms with van der Waals surface area (Å²) in [6.45, 7) is 3.73. The molecule has 0 aliphatic carbocycles. The lowest BCUT2D eigenvalue weighted by Gasteiger charge is -2.30. The molecule has 2 aliphatic heterocycles. The maximum Gasteiger partial charge on any atom is 0.255 e. The molecule has 25 heavy (non-hydrogen) atoms. The Kier molecular flexibility index (Phi) is 4.63. The first kappa shape index (κ1) is 16.4. The summed E-state index contributed by atoms with van der Waals surface area (Å²) < 4.78 is 11.9. The Morgan fingerprint density at radius 2 is 1.92 bits per heavy atom. The number of nitrogens with one attached hydrogen (secondary N) is 1. The molecule has 2 aromatic carbocycles. The maximum atomic E-state index is 12.7. The number of morpholine rings is 1. The molecule has 4 rings (SSSR count). The van der Waals surface area contributed by atoms with Crippen LogP contribution >= 0.6 is 15.9 Å². The van der Waals surface area contributed by atoms with Crippen LogP contribution in [0.15, 0.2) is 40.9 Å². The molecule has 0 spiro atoms. The van der Waals surface area contributed by atoms with E-state index in [2.05, 4.69) is 26.1 Å². The van der Waals surface area contributed by atoms with Crippen LogP contribution in [-0.4, -0.2) is 38.8 Å². The van der Waals surface area contributed by atoms with Gasteiger partial charge in [0.2, 0.25) is 0 Å². The number of hydrogen-bond acceptors (Lipinski definition) is 4. The van der Waals surface area contributed by atoms with Crippen molar-refractivity contribution in [2.45, 2.75) is 6.42 Å². The predicted molar refractivity (Wildman–Crippen MR) is 101 cm³/mol. The van der Waals surface area contributed by atoms with Crippen molar-refractivity contribution in [2.24, 2.45) is 0 Å². The summed E-state index contributed by atoms with van der Waals surface area (Å²) >= 11 is 3.50. The zero-order valence-electron chi connectivity index (χ0n) is 13.8. The summed E-state index contributed by atoms with van der Waals surface area (Å²) in [7, 11) is 0. The van der Waals surface area contributed by atoms with Crippen LogP contribution in [0.25, 0.3) is 0 Å². The van der Waals surface area contributed by atoms with Crippen molar-refractivity contribution in [2.75, 3.05) is 43.1 Å². The van der Waals surface area contributed by atoms with Gasteiger partial charge in [-0.05, 0) is 42.0 Å². The summed E-state index contributed by atoms with van der Waals surface area (Å²) in [5.74, 6) is 0.773. The number of hydrogen-bond donors (Lipinski definition) is 1. The molecule has 6 heteroatoms. The Morgan fingerprint density at radius 1 is 1.08 bits per heavy atom. The summed E-state index contributed by atoms with van der Waals surface area (Å²) in [4.78, 5) is 15.0. The molecule has 0 saturated carbocycles. The highest BCUT2D eigenvalue weighted by Crippen LogP contribution is 2.31. The topological polar surface area (TPSA) is 50.8 Å². The molecule has 1 amide bonds. The minimum atomic E-state index is -0.109. The molecule has 2 aliphatic rings. The van der Waals surface area contributed by atoms with E-state index in [9.17, 15) is 4.79 Å². The van der Waals surface area contributed by atoms with Gasteiger partial charge in [-0.2, -0.15) is 0 Å². The fraction of sp³-hybridized carbons (Fsp3) is 0.316. The van der Waals surface area contributed by atoms with Gasteiger partial charge in [-0.25, -0.2) is 0 Å². The average molecular weight is 403 g/mol. The van der Waals surface area contributed by atoms with Crippen molar-refractivity contribution < 1.29 is 14.3 Å². The molecule has 0 aromatic heterocycles. The van der Waals surface area contributed by atoms with Crippen LogP contribution in [0.3, 0.4) is 0 Å². The minimum Gasteiger partial charge on any atom is -0.493 e. The molecule has 1 saturated heterocycles. The highest BCUT2D eigenvalue weighted by Gasteiger charge is 2.19. The van der Waals surface area contributed by atoms with E-state index in [4.69, 9.17) is 9.47 Å². The number of anilines is 2. The Bertz CT molecular complexity index is 803. The number of amides is 1. The third-order valence-electron chi connectivity index (χ3n) is 4.51. The first-order valence-electron chi connectivity index (χ1n) is 8.40. The summed E-state index contributed by atoms with van der Waals surface area (Å²) in [5, 5.41) is 3.06. The molecular weight excluding hydrogens is 384 g/mol. The van der Waals surface area contributed by atoms with E-state index in [-0.39, 0.29) is 5.91 Å². The Morgan fingerprint density at radius 3 is 2.76 bits per heavy atom. The SMILES string of the molecule is O=C(Nc1cc(Br)ccc1N1CCOCC1)c1ccc2c(c1)CCO2. The van der Waals surface area contributed by atoms with Crippen molar-refractivity contribution in [1.82, 2.24) is 0 Å². The van der Waals surface area contributed by atoms with Gasteiger partial charge in [0, 0.05) is 29.5 Å². The second-order valence-electron chi connectivity index (χ2n) is 6.14. The van der Waals surface area contributed by atoms with E-state index in [1.807, 2.05) is 36.4 Å². The second kappa shape index (κ2) is 7.06. The first-order chi connectivity index (χ1) is 12.2. The normalized spacial score (nSPS) is 16.3. The Labute approximate surface area is 155 Å². The monoisotopic (exact) mass is 402 g/mol. The second-order valence-corrected chi connectivity index (χ2v) is 7.05. The molecule has 2 heterocycles. The van der Waals surface area contributed by atoms with E-state index in [1.54, 1.807) is 0 Å². The largest absolute Gasteiger partial charge is 0.493 e. The quantitative estimate of drug-likeness (QED) is 0.853. The van der Waals surface area contributed by atoms with Gasteiger partial charge in [0.1, 0.15) is 5.75 Å². The fourth-order valence-electron chi connectivity index (χ4n) is 3.21. The molecule has 0 unspecified atom stereocenters. The van der Waals surface area contributed by atoms with Crippen LogP contribution in [0.5, 0.6) is 5.75 Å². The molecular formula is C19H19BrN2O3. The number of carbonyl (C=O) groups excluding carboxylic acids is 1. The van der Waals surface area contributed by atoms with Crippen LogP contribution in [0, 0.1) is 0 Å². The number of nitrogens with zero attached hydrogens (tertiary/aromatic N) is 1. The van der Waals surface area contributed by atoms with Crippen LogP contribution < -0.4 is 15.0 Å². The third-order valence-corrected chi connectivity index (χ3v) is 5.00. The lowest BCUT2D eigenvalue weighted by molar-refractivity contribution is 0.102. The van der Waals surface area contributed by atoms with Crippen LogP contribution in [0.4, 0.5) is 11.4 Å². The lowest BCUT2D eigenvalue weighted by atomic mass is 10.1. The first-order valence-corrected chi connectivity index (χ1v) is 9.19. The van der Waals surface area contributed by atoms with Crippen LogP contribution in [-0.2, 0) is 11.2 Å². The fourth-order valence-corrected chi connectivity index (χ4v) is 3.57. The van der Waals surface area contributed by atoms with Crippen molar-refractivity contribution in [3.63, 3.8) is 0 Å². The minimum absolute atomic E-state index is 0.109. The van der Waals surface area contributed by atoms with Gasteiger partial charge in [-0.1, -0.05) is 15.9 Å². The summed E-state index contributed by atoms with van der Waals surface area (Å²) in [6, 6.07) is 11.6. The number of halogens is 1. The van der Waals surface area contributed by atoms with Gasteiger partial charge in [0.05, 0.1) is 31.2 Å². The van der Waals surface area contributed by atoms with Crippen LogP contribution in [0.1, 0.15) is 15.9 Å². The molecule has 1 N–H and O–H groups in total. The smallest absolute Gasteiger partial charge is 0.255 e. The zero-order valence-corrected chi connectivity index (χ0v) is 15.3. The summed E-state index contributed by atoms with van der Waals surface area (Å²) in [6.07, 6.45) is 0.854. The molecule has 0 bridgehead atoms. The molecule has 1 fully saturated rings. The number of carbonyl (C=O) groups is 1. The molecule has 5 nitrogen and oxygen atoms in total. The maximum absolute atomic E-state index is 12.7. The van der Waals surface area contributed by atoms with Crippen molar-refractivity contribution in [3.05, 3.63) is 52.0 Å². The third kappa shape index (κ3) is 3.50. The highest BCUT2D eigenvalue weighted by molar-refractivity contribution is 9.10. The average Bonchev–Trinajstić information content (AvgIpc) is 3.10. The van der Waals surface area contributed by atoms with Gasteiger partial charge in [0.15, 0.2) is 0 Å². The zero-order chi connectivity index (χ0) is 17.2. The van der Waals surface area contributed by atoms with Crippen molar-refractivity contribution in [1.29, 1.82) is 0 Å². The van der Waals surface area contributed by atoms with Crippen LogP contribution in [0.2, 0.25) is 0 Å². The van der Waals surface area contributed by atoms with Gasteiger partial charge >= 0.3 is 0 Å². The summed E-state index contributed by atoms with van der Waals surface area (Å²) in [5.41, 5.74) is 3.56. The van der Waals surface area contributed by atoms with E-state index in [0.29, 0.717) is 25.4 Å². The number of rotatable bonds is 3. The molecule has 130 valence electrons. The standard InChI is InChI=1S/C19H19BrN2O3/c20-15-2-3-17(22-6-9-24-10-7-22)16(12-15)21-19(23)14-1-4-18-13(11-14)5-8-25-18/h1-4,11-12H,5-10H2,(H,21,23). The Balaban J connectivity index is 1.59. The molecule has 0 atom stereocenters. The van der Waals surface area contributed by atoms with Gasteiger partial charge < -0.3 is 19.7 Å². The van der Waals surface area contributed by atoms with E-state index in [0.717, 1.165) is 46.7 Å². The van der Waals surface area contributed by atoms with Crippen molar-refractivity contribution >= 4 is 33.2 Å². The number of ether oxygens (including phenoxy) is 2. The van der Waals surface area contributed by atoms with Gasteiger partial charge in [-0.3, -0.25) is 4.79 Å². The lowest BCUT2D eigenvalue weighted by Crippen LogP contribution is -2.36. The highest BCUT2D eigenvalue weighted by atomic mass is 79.9. The Hall–Kier alpha value is -2.05. The number of fused-ring (bicyclic) bond motifs is 1. The van der Waals surface area contributed by atoms with E-state index in [1.165, 1.54) is 0 Å². The molecule has 0 radical (unpaired) electrons. The van der Waals surface area contributed by atoms with E-state index >= 15 is 0 Å². The van der Waals surface area contributed by atoms with Gasteiger partial charge in [0.25, 0.3) is 5.91 Å². The predicted octanol–water partition coefficient (Wildman–Crippen LogP) is 3.47. The number of benzene rings is 2. The van der Waals surface area contributed by atoms with Gasteiger partial charge in [-0.15, -0.1) is 0 Å². The molecule has 2 aromatic rings.